The summed E-state index contributed by atoms with van der Waals surface area (Å²) in [5, 5.41) is 0. The van der Waals surface area contributed by atoms with Crippen molar-refractivity contribution in [1.82, 2.24) is 24.3 Å². The molecule has 0 aliphatic carbocycles. The van der Waals surface area contributed by atoms with E-state index in [-0.39, 0.29) is 29.2 Å². The van der Waals surface area contributed by atoms with Crippen molar-refractivity contribution < 1.29 is 27.1 Å². The fourth-order valence-corrected chi connectivity index (χ4v) is 5.24. The maximum atomic E-state index is 15.2. The minimum atomic E-state index is -4.60. The third-order valence-electron chi connectivity index (χ3n) is 6.88. The highest BCUT2D eigenvalue weighted by atomic mass is 19.4. The summed E-state index contributed by atoms with van der Waals surface area (Å²) in [7, 11) is 0. The molecule has 0 spiro atoms. The first-order valence-electron chi connectivity index (χ1n) is 11.4. The average molecular weight is 500 g/mol. The van der Waals surface area contributed by atoms with Crippen LogP contribution >= 0.6 is 0 Å². The lowest BCUT2D eigenvalue weighted by molar-refractivity contribution is -0.141. The molecular formula is C24H20F4N6O2. The molecule has 2 N–H and O–H groups in total. The standard InChI is InChI=1S/C24H20F4N6O2/c1-11-20-22(29)32-15-8-14(25)13(7-17(15)34(20)10-30-11)23(35)33-6-2-3-18-21(33)12-4-5-19(24(26,27)28)31-16(12)9-36-18/h4-5,7-8,10,18,21H,2-3,6,9H2,1H3,(H2,29,32)/t18-,21-/m0/s1. The Morgan fingerprint density at radius 3 is 2.81 bits per heavy atom. The van der Waals surface area contributed by atoms with Crippen LogP contribution in [0.5, 0.6) is 0 Å². The van der Waals surface area contributed by atoms with Crippen LogP contribution in [-0.2, 0) is 17.5 Å². The molecule has 0 unspecified atom stereocenters. The molecular weight excluding hydrogens is 480 g/mol. The number of anilines is 1. The number of rotatable bonds is 1. The van der Waals surface area contributed by atoms with Crippen molar-refractivity contribution in [2.75, 3.05) is 12.3 Å². The minimum Gasteiger partial charge on any atom is -0.382 e. The Bertz CT molecular complexity index is 1550. The number of aryl methyl sites for hydroxylation is 1. The van der Waals surface area contributed by atoms with E-state index in [1.165, 1.54) is 23.4 Å². The Morgan fingerprint density at radius 2 is 2.03 bits per heavy atom. The van der Waals surface area contributed by atoms with E-state index < -0.39 is 35.7 Å². The zero-order chi connectivity index (χ0) is 25.4. The number of likely N-dealkylation sites (tertiary alicyclic amines) is 1. The number of nitrogens with zero attached hydrogens (tertiary/aromatic N) is 5. The summed E-state index contributed by atoms with van der Waals surface area (Å²) in [6, 6.07) is 4.13. The molecule has 1 fully saturated rings. The van der Waals surface area contributed by atoms with E-state index in [0.29, 0.717) is 41.7 Å². The highest BCUT2D eigenvalue weighted by molar-refractivity contribution is 5.99. The predicted molar refractivity (Wildman–Crippen MR) is 120 cm³/mol. The number of pyridine rings is 1. The Hall–Kier alpha value is -3.80. The second-order valence-corrected chi connectivity index (χ2v) is 9.03. The number of halogens is 4. The number of nitrogen functional groups attached to an aromatic ring is 1. The van der Waals surface area contributed by atoms with E-state index in [1.54, 1.807) is 11.3 Å². The molecule has 2 aliphatic rings. The van der Waals surface area contributed by atoms with Gasteiger partial charge in [-0.3, -0.25) is 9.20 Å². The van der Waals surface area contributed by atoms with E-state index in [0.717, 1.165) is 12.1 Å². The Balaban J connectivity index is 1.45. The topological polar surface area (TPSA) is 98.6 Å². The fraction of sp³-hybridized carbons (Fsp3) is 0.333. The first-order valence-corrected chi connectivity index (χ1v) is 11.4. The highest BCUT2D eigenvalue weighted by Gasteiger charge is 2.42. The second-order valence-electron chi connectivity index (χ2n) is 9.03. The number of benzene rings is 1. The van der Waals surface area contributed by atoms with Crippen LogP contribution in [0.25, 0.3) is 16.6 Å². The number of piperidine rings is 1. The van der Waals surface area contributed by atoms with Crippen LogP contribution < -0.4 is 5.73 Å². The predicted octanol–water partition coefficient (Wildman–Crippen LogP) is 4.20. The van der Waals surface area contributed by atoms with E-state index in [1.807, 2.05) is 0 Å². The summed E-state index contributed by atoms with van der Waals surface area (Å²) in [6.07, 6.45) is -2.27. The monoisotopic (exact) mass is 500 g/mol. The molecule has 186 valence electrons. The van der Waals surface area contributed by atoms with Gasteiger partial charge in [-0.1, -0.05) is 6.07 Å². The molecule has 3 aromatic heterocycles. The van der Waals surface area contributed by atoms with E-state index >= 15 is 4.39 Å². The molecule has 1 amide bonds. The van der Waals surface area contributed by atoms with Crippen molar-refractivity contribution in [3.8, 4) is 0 Å². The van der Waals surface area contributed by atoms with Gasteiger partial charge in [0.1, 0.15) is 29.2 Å². The van der Waals surface area contributed by atoms with Gasteiger partial charge in [-0.05, 0) is 31.9 Å². The Morgan fingerprint density at radius 1 is 1.22 bits per heavy atom. The molecule has 36 heavy (non-hydrogen) atoms. The minimum absolute atomic E-state index is 0.0855. The molecule has 6 rings (SSSR count). The van der Waals surface area contributed by atoms with Gasteiger partial charge in [0.25, 0.3) is 5.91 Å². The number of hydrogen-bond donors (Lipinski definition) is 1. The van der Waals surface area contributed by atoms with Crippen LogP contribution in [0, 0.1) is 12.7 Å². The first kappa shape index (κ1) is 22.7. The van der Waals surface area contributed by atoms with Gasteiger partial charge in [-0.25, -0.2) is 19.3 Å². The molecule has 5 heterocycles. The van der Waals surface area contributed by atoms with Gasteiger partial charge in [0.15, 0.2) is 0 Å². The average Bonchev–Trinajstić information content (AvgIpc) is 3.24. The molecule has 1 saturated heterocycles. The van der Waals surface area contributed by atoms with E-state index in [2.05, 4.69) is 15.0 Å². The van der Waals surface area contributed by atoms with Crippen molar-refractivity contribution in [3.63, 3.8) is 0 Å². The van der Waals surface area contributed by atoms with Crippen LogP contribution in [0.2, 0.25) is 0 Å². The number of fused-ring (bicyclic) bond motifs is 6. The summed E-state index contributed by atoms with van der Waals surface area (Å²) >= 11 is 0. The molecule has 0 radical (unpaired) electrons. The molecule has 1 aromatic carbocycles. The highest BCUT2D eigenvalue weighted by Crippen LogP contribution is 2.41. The molecule has 4 aromatic rings. The SMILES string of the molecule is Cc1ncn2c1c(N)nc1cc(F)c(C(=O)N3CCC[C@@H]4OCc5nc(C(F)(F)F)ccc5[C@@H]43)cc12. The number of amides is 1. The summed E-state index contributed by atoms with van der Waals surface area (Å²) in [5.41, 5.74) is 7.34. The molecule has 8 nitrogen and oxygen atoms in total. The van der Waals surface area contributed by atoms with Gasteiger partial charge in [0, 0.05) is 18.2 Å². The van der Waals surface area contributed by atoms with Crippen molar-refractivity contribution in [2.45, 2.75) is 44.7 Å². The van der Waals surface area contributed by atoms with Crippen LogP contribution in [-0.4, -0.2) is 42.8 Å². The Labute approximate surface area is 201 Å². The quantitative estimate of drug-likeness (QED) is 0.394. The van der Waals surface area contributed by atoms with Crippen LogP contribution in [0.3, 0.4) is 0 Å². The van der Waals surface area contributed by atoms with Crippen molar-refractivity contribution in [2.24, 2.45) is 0 Å². The van der Waals surface area contributed by atoms with Crippen molar-refractivity contribution in [1.29, 1.82) is 0 Å². The molecule has 0 saturated carbocycles. The smallest absolute Gasteiger partial charge is 0.382 e. The van der Waals surface area contributed by atoms with Crippen LogP contribution in [0.15, 0.2) is 30.6 Å². The number of ether oxygens (including phenoxy) is 1. The molecule has 12 heteroatoms. The number of carbonyl (C=O) groups excluding carboxylic acids is 1. The summed E-state index contributed by atoms with van der Waals surface area (Å²) in [5.74, 6) is -1.18. The second kappa shape index (κ2) is 7.85. The first-order chi connectivity index (χ1) is 17.1. The van der Waals surface area contributed by atoms with Gasteiger partial charge in [-0.15, -0.1) is 0 Å². The maximum absolute atomic E-state index is 15.2. The van der Waals surface area contributed by atoms with Crippen LogP contribution in [0.1, 0.15) is 51.9 Å². The third kappa shape index (κ3) is 3.39. The van der Waals surface area contributed by atoms with Gasteiger partial charge in [-0.2, -0.15) is 13.2 Å². The number of imidazole rings is 1. The molecule has 0 bridgehead atoms. The van der Waals surface area contributed by atoms with Crippen molar-refractivity contribution in [3.05, 3.63) is 64.6 Å². The zero-order valence-electron chi connectivity index (χ0n) is 19.0. The van der Waals surface area contributed by atoms with Gasteiger partial charge in [0.05, 0.1) is 46.7 Å². The lowest BCUT2D eigenvalue weighted by Crippen LogP contribution is -2.48. The third-order valence-corrected chi connectivity index (χ3v) is 6.88. The number of hydrogen-bond acceptors (Lipinski definition) is 6. The zero-order valence-corrected chi connectivity index (χ0v) is 19.0. The lowest BCUT2D eigenvalue weighted by Gasteiger charge is -2.44. The van der Waals surface area contributed by atoms with Gasteiger partial charge in [0.2, 0.25) is 0 Å². The molecule has 2 aliphatic heterocycles. The number of nitrogens with two attached hydrogens (primary N) is 1. The number of aromatic nitrogens is 4. The van der Waals surface area contributed by atoms with E-state index in [9.17, 15) is 18.0 Å². The van der Waals surface area contributed by atoms with Gasteiger partial charge >= 0.3 is 6.18 Å². The summed E-state index contributed by atoms with van der Waals surface area (Å²) in [6.45, 7) is 1.97. The Kier molecular flexibility index (Phi) is 4.94. The summed E-state index contributed by atoms with van der Waals surface area (Å²) in [4.78, 5) is 27.5. The van der Waals surface area contributed by atoms with Crippen molar-refractivity contribution >= 4 is 28.3 Å². The number of alkyl halides is 3. The van der Waals surface area contributed by atoms with Gasteiger partial charge < -0.3 is 15.4 Å². The summed E-state index contributed by atoms with van der Waals surface area (Å²) < 4.78 is 62.3. The maximum Gasteiger partial charge on any atom is 0.433 e. The fourth-order valence-electron chi connectivity index (χ4n) is 5.24. The van der Waals surface area contributed by atoms with Crippen LogP contribution in [0.4, 0.5) is 23.4 Å². The lowest BCUT2D eigenvalue weighted by atomic mass is 9.88. The normalized spacial score (nSPS) is 20.0. The van der Waals surface area contributed by atoms with E-state index in [4.69, 9.17) is 10.5 Å². The molecule has 2 atom stereocenters. The largest absolute Gasteiger partial charge is 0.433 e. The number of carbonyl (C=O) groups is 1.